The number of halogens is 1. The van der Waals surface area contributed by atoms with E-state index in [2.05, 4.69) is 35.9 Å². The number of nitrogens with one attached hydrogen (secondary N) is 2. The van der Waals surface area contributed by atoms with Crippen molar-refractivity contribution in [3.8, 4) is 0 Å². The van der Waals surface area contributed by atoms with Crippen LogP contribution in [0.2, 0.25) is 0 Å². The number of carbonyl (C=O) groups excluding carboxylic acids is 2. The molecule has 3 heterocycles. The largest absolute Gasteiger partial charge is 0.425 e. The zero-order valence-electron chi connectivity index (χ0n) is 20.6. The number of hydrogen-bond donors (Lipinski definition) is 2. The van der Waals surface area contributed by atoms with E-state index in [1.165, 1.54) is 23.0 Å². The molecular formula is C25H27FN8O3. The lowest BCUT2D eigenvalue weighted by Crippen LogP contribution is -2.33. The molecule has 0 bridgehead atoms. The molecule has 1 aliphatic carbocycles. The zero-order chi connectivity index (χ0) is 25.9. The molecule has 5 rings (SSSR count). The van der Waals surface area contributed by atoms with Gasteiger partial charge in [-0.3, -0.25) is 9.59 Å². The summed E-state index contributed by atoms with van der Waals surface area (Å²) in [6.45, 7) is 4.13. The lowest BCUT2D eigenvalue weighted by molar-refractivity contribution is 0.0934. The SMILES string of the molecule is Cc1nnc(C2CCC(CNC(=O)c3cc(C(=O)NCc4ccc(F)c(C)c4)nc4ncnn34)CC2)o1. The first-order valence-electron chi connectivity index (χ1n) is 12.2. The van der Waals surface area contributed by atoms with Gasteiger partial charge in [0.2, 0.25) is 11.8 Å². The highest BCUT2D eigenvalue weighted by Gasteiger charge is 2.27. The number of aryl methyl sites for hydroxylation is 2. The molecule has 37 heavy (non-hydrogen) atoms. The third kappa shape index (κ3) is 5.47. The Morgan fingerprint density at radius 2 is 1.89 bits per heavy atom. The Balaban J connectivity index is 1.21. The first kappa shape index (κ1) is 24.5. The molecule has 2 N–H and O–H groups in total. The van der Waals surface area contributed by atoms with E-state index in [1.807, 2.05) is 0 Å². The molecule has 0 spiro atoms. The summed E-state index contributed by atoms with van der Waals surface area (Å²) in [5, 5.41) is 17.9. The van der Waals surface area contributed by atoms with Gasteiger partial charge < -0.3 is 15.1 Å². The summed E-state index contributed by atoms with van der Waals surface area (Å²) >= 11 is 0. The Morgan fingerprint density at radius 3 is 2.62 bits per heavy atom. The lowest BCUT2D eigenvalue weighted by Gasteiger charge is -2.26. The van der Waals surface area contributed by atoms with E-state index < -0.39 is 5.91 Å². The van der Waals surface area contributed by atoms with Gasteiger partial charge in [-0.25, -0.2) is 9.37 Å². The molecule has 0 unspecified atom stereocenters. The van der Waals surface area contributed by atoms with Crippen LogP contribution in [0.5, 0.6) is 0 Å². The second-order valence-corrected chi connectivity index (χ2v) is 9.35. The number of hydrogen-bond acceptors (Lipinski definition) is 8. The molecule has 1 fully saturated rings. The van der Waals surface area contributed by atoms with Crippen molar-refractivity contribution in [2.24, 2.45) is 5.92 Å². The van der Waals surface area contributed by atoms with Crippen LogP contribution in [-0.2, 0) is 6.54 Å². The van der Waals surface area contributed by atoms with Crippen LogP contribution in [0, 0.1) is 25.6 Å². The van der Waals surface area contributed by atoms with E-state index >= 15 is 0 Å². The topological polar surface area (TPSA) is 140 Å². The summed E-state index contributed by atoms with van der Waals surface area (Å²) in [5.41, 5.74) is 1.45. The van der Waals surface area contributed by atoms with Gasteiger partial charge in [0, 0.05) is 32.0 Å². The molecule has 0 radical (unpaired) electrons. The molecular weight excluding hydrogens is 479 g/mol. The van der Waals surface area contributed by atoms with Crippen molar-refractivity contribution in [1.29, 1.82) is 0 Å². The Kier molecular flexibility index (Phi) is 6.89. The monoisotopic (exact) mass is 506 g/mol. The van der Waals surface area contributed by atoms with Crippen LogP contribution in [-0.4, -0.2) is 48.1 Å². The van der Waals surface area contributed by atoms with Crippen molar-refractivity contribution in [3.63, 3.8) is 0 Å². The van der Waals surface area contributed by atoms with Crippen molar-refractivity contribution in [1.82, 2.24) is 40.4 Å². The van der Waals surface area contributed by atoms with E-state index in [1.54, 1.807) is 26.0 Å². The summed E-state index contributed by atoms with van der Waals surface area (Å²) < 4.78 is 20.4. The summed E-state index contributed by atoms with van der Waals surface area (Å²) in [4.78, 5) is 34.2. The predicted octanol–water partition coefficient (Wildman–Crippen LogP) is 2.90. The van der Waals surface area contributed by atoms with E-state index in [0.717, 1.165) is 31.2 Å². The number of rotatable bonds is 7. The normalized spacial score (nSPS) is 17.6. The third-order valence-corrected chi connectivity index (χ3v) is 6.68. The first-order chi connectivity index (χ1) is 17.9. The Morgan fingerprint density at radius 1 is 1.08 bits per heavy atom. The molecule has 12 heteroatoms. The molecule has 1 saturated carbocycles. The summed E-state index contributed by atoms with van der Waals surface area (Å²) in [7, 11) is 0. The Bertz CT molecular complexity index is 1440. The standard InChI is InChI=1S/C25H27FN8O3/c1-14-9-17(5-8-19(14)26)12-27-22(35)20-10-21(34-25(31-20)29-13-30-34)23(36)28-11-16-3-6-18(7-4-16)24-33-32-15(2)37-24/h5,8-10,13,16,18H,3-4,6-7,11-12H2,1-2H3,(H,27,35)(H,28,36). The second-order valence-electron chi connectivity index (χ2n) is 9.35. The smallest absolute Gasteiger partial charge is 0.270 e. The maximum Gasteiger partial charge on any atom is 0.270 e. The molecule has 11 nitrogen and oxygen atoms in total. The average Bonchev–Trinajstić information content (AvgIpc) is 3.56. The molecule has 3 aromatic heterocycles. The van der Waals surface area contributed by atoms with Gasteiger partial charge in [-0.2, -0.15) is 14.6 Å². The van der Waals surface area contributed by atoms with E-state index in [9.17, 15) is 14.0 Å². The Labute approximate surface area is 211 Å². The minimum Gasteiger partial charge on any atom is -0.425 e. The highest BCUT2D eigenvalue weighted by Crippen LogP contribution is 2.34. The van der Waals surface area contributed by atoms with Gasteiger partial charge in [0.25, 0.3) is 17.6 Å². The highest BCUT2D eigenvalue weighted by molar-refractivity contribution is 5.98. The number of carbonyl (C=O) groups is 2. The quantitative estimate of drug-likeness (QED) is 0.390. The number of amides is 2. The summed E-state index contributed by atoms with van der Waals surface area (Å²) in [6.07, 6.45) is 4.98. The molecule has 2 amide bonds. The van der Waals surface area contributed by atoms with Crippen molar-refractivity contribution < 1.29 is 18.4 Å². The summed E-state index contributed by atoms with van der Waals surface area (Å²) in [6, 6.07) is 6.03. The van der Waals surface area contributed by atoms with Gasteiger partial charge in [0.15, 0.2) is 0 Å². The number of nitrogens with zero attached hydrogens (tertiary/aromatic N) is 6. The Hall–Kier alpha value is -4.22. The highest BCUT2D eigenvalue weighted by atomic mass is 19.1. The van der Waals surface area contributed by atoms with Crippen molar-refractivity contribution in [3.05, 3.63) is 70.7 Å². The molecule has 192 valence electrons. The fourth-order valence-electron chi connectivity index (χ4n) is 4.60. The van der Waals surface area contributed by atoms with E-state index in [4.69, 9.17) is 4.42 Å². The van der Waals surface area contributed by atoms with Crippen LogP contribution in [0.1, 0.15) is 75.5 Å². The first-order valence-corrected chi connectivity index (χ1v) is 12.2. The van der Waals surface area contributed by atoms with Crippen LogP contribution in [0.3, 0.4) is 0 Å². The lowest BCUT2D eigenvalue weighted by atomic mass is 9.82. The molecule has 4 aromatic rings. The van der Waals surface area contributed by atoms with E-state index in [0.29, 0.717) is 29.8 Å². The maximum absolute atomic E-state index is 13.5. The van der Waals surface area contributed by atoms with E-state index in [-0.39, 0.29) is 41.4 Å². The third-order valence-electron chi connectivity index (χ3n) is 6.68. The van der Waals surface area contributed by atoms with Crippen LogP contribution in [0.4, 0.5) is 4.39 Å². The number of benzene rings is 1. The molecule has 0 aliphatic heterocycles. The molecule has 1 aliphatic rings. The van der Waals surface area contributed by atoms with Crippen LogP contribution < -0.4 is 10.6 Å². The minimum absolute atomic E-state index is 0.0415. The van der Waals surface area contributed by atoms with Crippen LogP contribution in [0.15, 0.2) is 35.0 Å². The van der Waals surface area contributed by atoms with Gasteiger partial charge in [-0.05, 0) is 55.7 Å². The number of fused-ring (bicyclic) bond motifs is 1. The molecule has 1 aromatic carbocycles. The molecule has 0 saturated heterocycles. The van der Waals surface area contributed by atoms with Gasteiger partial charge >= 0.3 is 0 Å². The minimum atomic E-state index is -0.476. The van der Waals surface area contributed by atoms with Crippen molar-refractivity contribution in [2.45, 2.75) is 52.0 Å². The van der Waals surface area contributed by atoms with Gasteiger partial charge in [-0.15, -0.1) is 10.2 Å². The van der Waals surface area contributed by atoms with Gasteiger partial charge in [0.1, 0.15) is 23.5 Å². The predicted molar refractivity (Wildman–Crippen MR) is 129 cm³/mol. The second kappa shape index (κ2) is 10.4. The van der Waals surface area contributed by atoms with Crippen molar-refractivity contribution in [2.75, 3.05) is 6.54 Å². The van der Waals surface area contributed by atoms with Gasteiger partial charge in [-0.1, -0.05) is 12.1 Å². The van der Waals surface area contributed by atoms with Crippen LogP contribution in [0.25, 0.3) is 5.78 Å². The molecule has 0 atom stereocenters. The van der Waals surface area contributed by atoms with Crippen molar-refractivity contribution >= 4 is 17.6 Å². The summed E-state index contributed by atoms with van der Waals surface area (Å²) in [5.74, 6) is 0.824. The fourth-order valence-corrected chi connectivity index (χ4v) is 4.60. The number of aromatic nitrogens is 6. The fraction of sp³-hybridized carbons (Fsp3) is 0.400. The van der Waals surface area contributed by atoms with Crippen LogP contribution >= 0.6 is 0 Å². The maximum atomic E-state index is 13.5. The average molecular weight is 507 g/mol. The zero-order valence-corrected chi connectivity index (χ0v) is 20.6. The van der Waals surface area contributed by atoms with Gasteiger partial charge in [0.05, 0.1) is 0 Å².